The molecule has 0 spiro atoms. The fourth-order valence-electron chi connectivity index (χ4n) is 3.41. The largest absolute Gasteiger partial charge is 0.386 e. The average molecular weight is 367 g/mol. The summed E-state index contributed by atoms with van der Waals surface area (Å²) in [7, 11) is 0. The molecule has 0 aliphatic carbocycles. The van der Waals surface area contributed by atoms with Crippen LogP contribution in [0.1, 0.15) is 96.3 Å². The van der Waals surface area contributed by atoms with Gasteiger partial charge in [-0.2, -0.15) is 0 Å². The molecule has 0 aromatic heterocycles. The molecule has 3 heteroatoms. The molecule has 144 valence electrons. The number of ether oxygens (including phenoxy) is 1. The van der Waals surface area contributed by atoms with Crippen molar-refractivity contribution < 1.29 is 14.3 Å². The topological polar surface area (TPSA) is 43.4 Å². The van der Waals surface area contributed by atoms with Crippen molar-refractivity contribution in [3.8, 4) is 0 Å². The third kappa shape index (κ3) is 4.85. The summed E-state index contributed by atoms with van der Waals surface area (Å²) in [6, 6.07) is 11.1. The Hall–Kier alpha value is -2.42. The number of esters is 2. The lowest BCUT2D eigenvalue weighted by Crippen LogP contribution is -2.14. The molecule has 0 aliphatic heterocycles. The van der Waals surface area contributed by atoms with E-state index in [1.807, 2.05) is 24.3 Å². The second kappa shape index (κ2) is 8.98. The Morgan fingerprint density at radius 2 is 1.11 bits per heavy atom. The number of benzene rings is 2. The van der Waals surface area contributed by atoms with E-state index in [9.17, 15) is 9.59 Å². The summed E-state index contributed by atoms with van der Waals surface area (Å²) in [6.45, 7) is 12.6. The molecule has 0 radical (unpaired) electrons. The highest BCUT2D eigenvalue weighted by Crippen LogP contribution is 2.23. The average Bonchev–Trinajstić information content (AvgIpc) is 2.66. The summed E-state index contributed by atoms with van der Waals surface area (Å²) < 4.78 is 5.14. The van der Waals surface area contributed by atoms with Crippen LogP contribution in [-0.2, 0) is 17.6 Å². The van der Waals surface area contributed by atoms with E-state index in [0.717, 1.165) is 24.0 Å². The molecule has 2 aromatic rings. The monoisotopic (exact) mass is 366 g/mol. The normalized spacial score (nSPS) is 11.1. The van der Waals surface area contributed by atoms with Crippen molar-refractivity contribution in [1.29, 1.82) is 0 Å². The highest BCUT2D eigenvalue weighted by molar-refractivity contribution is 6.02. The molecule has 0 saturated carbocycles. The third-order valence-electron chi connectivity index (χ3n) is 4.95. The lowest BCUT2D eigenvalue weighted by atomic mass is 9.93. The van der Waals surface area contributed by atoms with Crippen LogP contribution in [0.4, 0.5) is 0 Å². The number of aryl methyl sites for hydroxylation is 2. The van der Waals surface area contributed by atoms with E-state index in [0.29, 0.717) is 23.0 Å². The molecule has 2 aromatic carbocycles. The molecule has 2 rings (SSSR count). The second-order valence-electron chi connectivity index (χ2n) is 7.52. The minimum atomic E-state index is -0.601. The van der Waals surface area contributed by atoms with Crippen molar-refractivity contribution in [2.24, 2.45) is 0 Å². The zero-order valence-electron chi connectivity index (χ0n) is 17.3. The fraction of sp³-hybridized carbons (Fsp3) is 0.417. The van der Waals surface area contributed by atoms with Crippen molar-refractivity contribution in [3.05, 3.63) is 69.8 Å². The summed E-state index contributed by atoms with van der Waals surface area (Å²) in [5, 5.41) is 0. The van der Waals surface area contributed by atoms with Crippen LogP contribution in [0.15, 0.2) is 36.4 Å². The number of carbonyl (C=O) groups excluding carboxylic acids is 2. The van der Waals surface area contributed by atoms with Gasteiger partial charge < -0.3 is 4.74 Å². The van der Waals surface area contributed by atoms with Gasteiger partial charge in [0.1, 0.15) is 0 Å². The summed E-state index contributed by atoms with van der Waals surface area (Å²) in [4.78, 5) is 24.9. The Labute approximate surface area is 162 Å². The predicted molar refractivity (Wildman–Crippen MR) is 110 cm³/mol. The van der Waals surface area contributed by atoms with Crippen LogP contribution in [0.2, 0.25) is 0 Å². The highest BCUT2D eigenvalue weighted by Gasteiger charge is 2.18. The first-order valence-corrected chi connectivity index (χ1v) is 9.80. The maximum atomic E-state index is 12.5. The van der Waals surface area contributed by atoms with E-state index >= 15 is 0 Å². The quantitative estimate of drug-likeness (QED) is 0.461. The summed E-state index contributed by atoms with van der Waals surface area (Å²) in [5.41, 5.74) is 5.50. The van der Waals surface area contributed by atoms with Gasteiger partial charge in [0.05, 0.1) is 11.1 Å². The first-order chi connectivity index (χ1) is 12.8. The number of carbonyl (C=O) groups is 2. The minimum absolute atomic E-state index is 0.388. The Morgan fingerprint density at radius 1 is 0.741 bits per heavy atom. The zero-order chi connectivity index (χ0) is 20.1. The minimum Gasteiger partial charge on any atom is -0.386 e. The maximum absolute atomic E-state index is 12.5. The molecule has 0 atom stereocenters. The van der Waals surface area contributed by atoms with Gasteiger partial charge in [-0.3, -0.25) is 0 Å². The van der Waals surface area contributed by atoms with Gasteiger partial charge in [0, 0.05) is 0 Å². The molecule has 0 bridgehead atoms. The third-order valence-corrected chi connectivity index (χ3v) is 4.95. The molecule has 0 unspecified atom stereocenters. The van der Waals surface area contributed by atoms with Crippen LogP contribution in [0.3, 0.4) is 0 Å². The van der Waals surface area contributed by atoms with E-state index in [-0.39, 0.29) is 0 Å². The first kappa shape index (κ1) is 20.9. The van der Waals surface area contributed by atoms with Crippen molar-refractivity contribution in [3.63, 3.8) is 0 Å². The van der Waals surface area contributed by atoms with Crippen molar-refractivity contribution >= 4 is 11.9 Å². The molecule has 0 fully saturated rings. The van der Waals surface area contributed by atoms with Crippen LogP contribution in [0, 0.1) is 0 Å². The first-order valence-electron chi connectivity index (χ1n) is 9.80. The molecule has 27 heavy (non-hydrogen) atoms. The van der Waals surface area contributed by atoms with Crippen LogP contribution in [0.25, 0.3) is 0 Å². The molecule has 0 N–H and O–H groups in total. The second-order valence-corrected chi connectivity index (χ2v) is 7.52. The molecule has 0 saturated heterocycles. The van der Waals surface area contributed by atoms with Crippen molar-refractivity contribution in [2.75, 3.05) is 0 Å². The molecule has 0 amide bonds. The van der Waals surface area contributed by atoms with E-state index in [1.165, 1.54) is 11.1 Å². The lowest BCUT2D eigenvalue weighted by molar-refractivity contribution is 0.0397. The fourth-order valence-corrected chi connectivity index (χ4v) is 3.41. The number of rotatable bonds is 6. The van der Waals surface area contributed by atoms with E-state index in [4.69, 9.17) is 4.74 Å². The summed E-state index contributed by atoms with van der Waals surface area (Å²) in [6.07, 6.45) is 1.66. The SMILES string of the molecule is CCc1cc(C(=O)OC(=O)c2ccc(C(C)C)c(CC)c2)ccc1C(C)C. The summed E-state index contributed by atoms with van der Waals surface area (Å²) in [5.74, 6) is -0.427. The van der Waals surface area contributed by atoms with Crippen LogP contribution < -0.4 is 0 Å². The van der Waals surface area contributed by atoms with Crippen LogP contribution in [0.5, 0.6) is 0 Å². The van der Waals surface area contributed by atoms with Gasteiger partial charge in [0.25, 0.3) is 0 Å². The van der Waals surface area contributed by atoms with Gasteiger partial charge in [-0.1, -0.05) is 53.7 Å². The molecule has 3 nitrogen and oxygen atoms in total. The molecular formula is C24H30O3. The maximum Gasteiger partial charge on any atom is 0.346 e. The van der Waals surface area contributed by atoms with Gasteiger partial charge >= 0.3 is 11.9 Å². The molecular weight excluding hydrogens is 336 g/mol. The summed E-state index contributed by atoms with van der Waals surface area (Å²) >= 11 is 0. The lowest BCUT2D eigenvalue weighted by Gasteiger charge is -2.14. The van der Waals surface area contributed by atoms with Crippen LogP contribution >= 0.6 is 0 Å². The van der Waals surface area contributed by atoms with E-state index in [2.05, 4.69) is 41.5 Å². The highest BCUT2D eigenvalue weighted by atomic mass is 16.6. The van der Waals surface area contributed by atoms with Gasteiger partial charge in [0.2, 0.25) is 0 Å². The van der Waals surface area contributed by atoms with Gasteiger partial charge in [-0.05, 0) is 71.2 Å². The smallest absolute Gasteiger partial charge is 0.346 e. The molecule has 0 heterocycles. The van der Waals surface area contributed by atoms with E-state index in [1.54, 1.807) is 12.1 Å². The van der Waals surface area contributed by atoms with E-state index < -0.39 is 11.9 Å². The van der Waals surface area contributed by atoms with Crippen LogP contribution in [-0.4, -0.2) is 11.9 Å². The molecule has 0 aliphatic rings. The predicted octanol–water partition coefficient (Wildman–Crippen LogP) is 6.06. The zero-order valence-corrected chi connectivity index (χ0v) is 17.3. The number of hydrogen-bond acceptors (Lipinski definition) is 3. The Balaban J connectivity index is 2.22. The standard InChI is InChI=1S/C24H30O3/c1-7-17-13-19(9-11-21(17)15(3)4)23(25)27-24(26)20-10-12-22(16(5)6)18(8-2)14-20/h9-16H,7-8H2,1-6H3. The number of hydrogen-bond donors (Lipinski definition) is 0. The van der Waals surface area contributed by atoms with Crippen molar-refractivity contribution in [2.45, 2.75) is 66.2 Å². The van der Waals surface area contributed by atoms with Gasteiger partial charge in [-0.15, -0.1) is 0 Å². The van der Waals surface area contributed by atoms with Crippen molar-refractivity contribution in [1.82, 2.24) is 0 Å². The van der Waals surface area contributed by atoms with Gasteiger partial charge in [-0.25, -0.2) is 9.59 Å². The van der Waals surface area contributed by atoms with Gasteiger partial charge in [0.15, 0.2) is 0 Å². The Kier molecular flexibility index (Phi) is 6.95. The Bertz CT molecular complexity index is 762. The Morgan fingerprint density at radius 3 is 1.41 bits per heavy atom.